The Hall–Kier alpha value is -1.35. The number of hydrogen-bond donors (Lipinski definition) is 1. The van der Waals surface area contributed by atoms with E-state index in [0.29, 0.717) is 6.61 Å². The standard InChI is InChI=1S/C13H19NO2/c1-3-11(2)14-13(15)10-16-9-12-7-5-4-6-8-12/h4-8,11H,3,9-10H2,1-2H3,(H,14,15). The van der Waals surface area contributed by atoms with Crippen molar-refractivity contribution >= 4 is 5.91 Å². The Balaban J connectivity index is 2.18. The molecule has 88 valence electrons. The molecule has 0 radical (unpaired) electrons. The van der Waals surface area contributed by atoms with Crippen LogP contribution in [0.2, 0.25) is 0 Å². The zero-order valence-corrected chi connectivity index (χ0v) is 9.90. The van der Waals surface area contributed by atoms with Gasteiger partial charge in [-0.2, -0.15) is 0 Å². The number of amides is 1. The van der Waals surface area contributed by atoms with Crippen LogP contribution in [0.25, 0.3) is 0 Å². The van der Waals surface area contributed by atoms with Crippen LogP contribution in [-0.4, -0.2) is 18.6 Å². The molecular formula is C13H19NO2. The first kappa shape index (κ1) is 12.7. The number of nitrogens with one attached hydrogen (secondary N) is 1. The van der Waals surface area contributed by atoms with Gasteiger partial charge in [0.15, 0.2) is 0 Å². The molecule has 0 aliphatic carbocycles. The van der Waals surface area contributed by atoms with E-state index >= 15 is 0 Å². The Morgan fingerprint density at radius 2 is 2.06 bits per heavy atom. The largest absolute Gasteiger partial charge is 0.367 e. The summed E-state index contributed by atoms with van der Waals surface area (Å²) in [5, 5.41) is 2.85. The summed E-state index contributed by atoms with van der Waals surface area (Å²) in [6.07, 6.45) is 0.935. The van der Waals surface area contributed by atoms with E-state index in [9.17, 15) is 4.79 Å². The highest BCUT2D eigenvalue weighted by Crippen LogP contribution is 2.00. The minimum atomic E-state index is -0.0507. The zero-order chi connectivity index (χ0) is 11.8. The summed E-state index contributed by atoms with van der Waals surface area (Å²) in [5.41, 5.74) is 1.08. The van der Waals surface area contributed by atoms with Crippen LogP contribution in [0.4, 0.5) is 0 Å². The summed E-state index contributed by atoms with van der Waals surface area (Å²) in [4.78, 5) is 11.4. The SMILES string of the molecule is CCC(C)NC(=O)COCc1ccccc1. The molecule has 0 bridgehead atoms. The van der Waals surface area contributed by atoms with Crippen LogP contribution >= 0.6 is 0 Å². The van der Waals surface area contributed by atoms with Gasteiger partial charge in [0.1, 0.15) is 6.61 Å². The molecule has 1 amide bonds. The van der Waals surface area contributed by atoms with Crippen LogP contribution in [0.15, 0.2) is 30.3 Å². The molecule has 3 nitrogen and oxygen atoms in total. The Kier molecular flexibility index (Phi) is 5.57. The molecule has 0 spiro atoms. The number of rotatable bonds is 6. The third-order valence-electron chi connectivity index (χ3n) is 2.36. The lowest BCUT2D eigenvalue weighted by atomic mass is 10.2. The lowest BCUT2D eigenvalue weighted by molar-refractivity contribution is -0.126. The zero-order valence-electron chi connectivity index (χ0n) is 9.90. The third kappa shape index (κ3) is 4.94. The van der Waals surface area contributed by atoms with Crippen molar-refractivity contribution in [1.29, 1.82) is 0 Å². The first-order valence-electron chi connectivity index (χ1n) is 5.63. The fourth-order valence-corrected chi connectivity index (χ4v) is 1.25. The molecule has 1 unspecified atom stereocenters. The summed E-state index contributed by atoms with van der Waals surface area (Å²) in [5.74, 6) is -0.0507. The van der Waals surface area contributed by atoms with E-state index in [-0.39, 0.29) is 18.6 Å². The van der Waals surface area contributed by atoms with Gasteiger partial charge >= 0.3 is 0 Å². The maximum atomic E-state index is 11.4. The van der Waals surface area contributed by atoms with E-state index in [1.165, 1.54) is 0 Å². The second kappa shape index (κ2) is 7.01. The molecule has 1 atom stereocenters. The normalized spacial score (nSPS) is 12.1. The summed E-state index contributed by atoms with van der Waals surface area (Å²) in [6, 6.07) is 10.0. The second-order valence-corrected chi connectivity index (χ2v) is 3.86. The van der Waals surface area contributed by atoms with Gasteiger partial charge < -0.3 is 10.1 Å². The summed E-state index contributed by atoms with van der Waals surface area (Å²) >= 11 is 0. The highest BCUT2D eigenvalue weighted by molar-refractivity contribution is 5.77. The van der Waals surface area contributed by atoms with Gasteiger partial charge in [-0.15, -0.1) is 0 Å². The quantitative estimate of drug-likeness (QED) is 0.799. The van der Waals surface area contributed by atoms with E-state index < -0.39 is 0 Å². The molecule has 0 fully saturated rings. The van der Waals surface area contributed by atoms with Crippen molar-refractivity contribution in [1.82, 2.24) is 5.32 Å². The average molecular weight is 221 g/mol. The van der Waals surface area contributed by atoms with Crippen LogP contribution in [0.1, 0.15) is 25.8 Å². The highest BCUT2D eigenvalue weighted by atomic mass is 16.5. The minimum absolute atomic E-state index is 0.0507. The first-order chi connectivity index (χ1) is 7.72. The van der Waals surface area contributed by atoms with E-state index in [2.05, 4.69) is 5.32 Å². The van der Waals surface area contributed by atoms with Gasteiger partial charge in [0.25, 0.3) is 0 Å². The number of benzene rings is 1. The Labute approximate surface area is 96.8 Å². The fraction of sp³-hybridized carbons (Fsp3) is 0.462. The molecule has 1 aromatic rings. The minimum Gasteiger partial charge on any atom is -0.367 e. The van der Waals surface area contributed by atoms with Gasteiger partial charge in [-0.3, -0.25) is 4.79 Å². The molecule has 1 rings (SSSR count). The molecule has 16 heavy (non-hydrogen) atoms. The van der Waals surface area contributed by atoms with Gasteiger partial charge in [0.05, 0.1) is 6.61 Å². The Morgan fingerprint density at radius 1 is 1.38 bits per heavy atom. The van der Waals surface area contributed by atoms with Gasteiger partial charge in [-0.1, -0.05) is 37.3 Å². The van der Waals surface area contributed by atoms with Gasteiger partial charge in [-0.05, 0) is 18.9 Å². The predicted octanol–water partition coefficient (Wildman–Crippen LogP) is 2.12. The number of hydrogen-bond acceptors (Lipinski definition) is 2. The van der Waals surface area contributed by atoms with Crippen molar-refractivity contribution in [3.63, 3.8) is 0 Å². The second-order valence-electron chi connectivity index (χ2n) is 3.86. The maximum absolute atomic E-state index is 11.4. The lowest BCUT2D eigenvalue weighted by Gasteiger charge is -2.11. The van der Waals surface area contributed by atoms with Crippen molar-refractivity contribution in [2.45, 2.75) is 32.9 Å². The van der Waals surface area contributed by atoms with Crippen molar-refractivity contribution in [3.8, 4) is 0 Å². The van der Waals surface area contributed by atoms with Crippen LogP contribution < -0.4 is 5.32 Å². The molecule has 0 saturated carbocycles. The monoisotopic (exact) mass is 221 g/mol. The topological polar surface area (TPSA) is 38.3 Å². The van der Waals surface area contributed by atoms with Crippen LogP contribution in [0, 0.1) is 0 Å². The lowest BCUT2D eigenvalue weighted by Crippen LogP contribution is -2.34. The summed E-state index contributed by atoms with van der Waals surface area (Å²) in [7, 11) is 0. The van der Waals surface area contributed by atoms with Gasteiger partial charge in [0.2, 0.25) is 5.91 Å². The fourth-order valence-electron chi connectivity index (χ4n) is 1.25. The van der Waals surface area contributed by atoms with E-state index in [0.717, 1.165) is 12.0 Å². The Morgan fingerprint density at radius 3 is 2.69 bits per heavy atom. The highest BCUT2D eigenvalue weighted by Gasteiger charge is 2.04. The Bertz CT molecular complexity index is 311. The van der Waals surface area contributed by atoms with Crippen LogP contribution in [0.5, 0.6) is 0 Å². The van der Waals surface area contributed by atoms with Crippen molar-refractivity contribution in [3.05, 3.63) is 35.9 Å². The maximum Gasteiger partial charge on any atom is 0.246 e. The molecule has 0 aliphatic heterocycles. The average Bonchev–Trinajstić information content (AvgIpc) is 2.30. The molecule has 0 saturated heterocycles. The molecule has 3 heteroatoms. The van der Waals surface area contributed by atoms with E-state index in [1.807, 2.05) is 44.2 Å². The molecule has 0 heterocycles. The van der Waals surface area contributed by atoms with Crippen LogP contribution in [-0.2, 0) is 16.1 Å². The number of ether oxygens (including phenoxy) is 1. The summed E-state index contributed by atoms with van der Waals surface area (Å²) < 4.78 is 5.31. The number of carbonyl (C=O) groups excluding carboxylic acids is 1. The van der Waals surface area contributed by atoms with Gasteiger partial charge in [0, 0.05) is 6.04 Å². The van der Waals surface area contributed by atoms with Crippen LogP contribution in [0.3, 0.4) is 0 Å². The summed E-state index contributed by atoms with van der Waals surface area (Å²) in [6.45, 7) is 4.62. The predicted molar refractivity (Wildman–Crippen MR) is 64.0 cm³/mol. The molecule has 0 aromatic heterocycles. The molecular weight excluding hydrogens is 202 g/mol. The van der Waals surface area contributed by atoms with E-state index in [1.54, 1.807) is 0 Å². The van der Waals surface area contributed by atoms with Crippen molar-refractivity contribution in [2.75, 3.05) is 6.61 Å². The molecule has 1 N–H and O–H groups in total. The molecule has 0 aliphatic rings. The van der Waals surface area contributed by atoms with Crippen molar-refractivity contribution < 1.29 is 9.53 Å². The number of carbonyl (C=O) groups is 1. The molecule has 1 aromatic carbocycles. The first-order valence-corrected chi connectivity index (χ1v) is 5.63. The van der Waals surface area contributed by atoms with Crippen molar-refractivity contribution in [2.24, 2.45) is 0 Å². The van der Waals surface area contributed by atoms with Gasteiger partial charge in [-0.25, -0.2) is 0 Å². The smallest absolute Gasteiger partial charge is 0.246 e. The van der Waals surface area contributed by atoms with E-state index in [4.69, 9.17) is 4.74 Å². The third-order valence-corrected chi connectivity index (χ3v) is 2.36.